The first-order valence-electron chi connectivity index (χ1n) is 1.58. The van der Waals surface area contributed by atoms with E-state index in [4.69, 9.17) is 34.8 Å². The van der Waals surface area contributed by atoms with Crippen molar-refractivity contribution in [3.63, 3.8) is 0 Å². The fourth-order valence-electron chi connectivity index (χ4n) is 0.134. The molecule has 0 aliphatic carbocycles. The summed E-state index contributed by atoms with van der Waals surface area (Å²) in [6.07, 6.45) is 0. The average molecular weight is 162 g/mol. The van der Waals surface area contributed by atoms with E-state index in [1.165, 1.54) is 6.61 Å². The molecule has 7 heavy (non-hydrogen) atoms. The highest BCUT2D eigenvalue weighted by atomic mass is 35.6. The van der Waals surface area contributed by atoms with Gasteiger partial charge in [-0.1, -0.05) is 34.8 Å². The van der Waals surface area contributed by atoms with Gasteiger partial charge >= 0.3 is 0 Å². The molecule has 1 radical (unpaired) electrons. The molecule has 0 bridgehead atoms. The smallest absolute Gasteiger partial charge is 0.297 e. The summed E-state index contributed by atoms with van der Waals surface area (Å²) in [7, 11) is 0. The van der Waals surface area contributed by atoms with Crippen molar-refractivity contribution in [2.75, 3.05) is 0 Å². The standard InChI is InChI=1S/C3H4Cl3O/c1-2-7-3(4,5)6/h2H,1H3. The van der Waals surface area contributed by atoms with Gasteiger partial charge in [-0.25, -0.2) is 0 Å². The van der Waals surface area contributed by atoms with E-state index in [1.54, 1.807) is 6.92 Å². The quantitative estimate of drug-likeness (QED) is 0.538. The third-order valence-corrected chi connectivity index (χ3v) is 0.519. The molecule has 0 amide bonds. The van der Waals surface area contributed by atoms with Gasteiger partial charge in [0, 0.05) is 0 Å². The predicted molar refractivity (Wildman–Crippen MR) is 31.3 cm³/mol. The summed E-state index contributed by atoms with van der Waals surface area (Å²) in [6, 6.07) is 0. The summed E-state index contributed by atoms with van der Waals surface area (Å²) in [4.78, 5) is 0. The maximum atomic E-state index is 5.11. The van der Waals surface area contributed by atoms with E-state index in [2.05, 4.69) is 4.74 Å². The zero-order valence-corrected chi connectivity index (χ0v) is 5.89. The number of halogens is 3. The SMILES string of the molecule is C[CH]OC(Cl)(Cl)Cl. The van der Waals surface area contributed by atoms with Crippen molar-refractivity contribution in [3.05, 3.63) is 6.61 Å². The van der Waals surface area contributed by atoms with E-state index in [1.807, 2.05) is 0 Å². The first-order chi connectivity index (χ1) is 3.06. The van der Waals surface area contributed by atoms with E-state index in [9.17, 15) is 0 Å². The van der Waals surface area contributed by atoms with Crippen molar-refractivity contribution in [1.29, 1.82) is 0 Å². The summed E-state index contributed by atoms with van der Waals surface area (Å²) in [5.41, 5.74) is 0. The maximum Gasteiger partial charge on any atom is 0.297 e. The van der Waals surface area contributed by atoms with Gasteiger partial charge in [-0.2, -0.15) is 0 Å². The van der Waals surface area contributed by atoms with Gasteiger partial charge in [0.15, 0.2) is 0 Å². The lowest BCUT2D eigenvalue weighted by Gasteiger charge is -2.07. The van der Waals surface area contributed by atoms with Crippen LogP contribution in [-0.2, 0) is 4.74 Å². The zero-order valence-electron chi connectivity index (χ0n) is 3.62. The summed E-state index contributed by atoms with van der Waals surface area (Å²) in [5, 5.41) is 0. The molecule has 0 aromatic heterocycles. The van der Waals surface area contributed by atoms with Crippen LogP contribution in [0.4, 0.5) is 0 Å². The third-order valence-electron chi connectivity index (χ3n) is 0.251. The summed E-state index contributed by atoms with van der Waals surface area (Å²) in [6.45, 7) is 2.94. The van der Waals surface area contributed by atoms with Crippen LogP contribution in [0.1, 0.15) is 6.92 Å². The zero-order chi connectivity index (χ0) is 5.91. The highest BCUT2D eigenvalue weighted by Crippen LogP contribution is 2.27. The molecule has 0 saturated carbocycles. The Balaban J connectivity index is 3.15. The number of rotatable bonds is 1. The maximum absolute atomic E-state index is 5.11. The second kappa shape index (κ2) is 2.98. The minimum atomic E-state index is -1.59. The Bertz CT molecular complexity index is 48.6. The van der Waals surface area contributed by atoms with Crippen LogP contribution in [0.15, 0.2) is 0 Å². The van der Waals surface area contributed by atoms with Gasteiger partial charge in [-0.15, -0.1) is 0 Å². The Morgan fingerprint density at radius 3 is 1.86 bits per heavy atom. The summed E-state index contributed by atoms with van der Waals surface area (Å²) < 4.78 is 2.81. The molecule has 0 aliphatic heterocycles. The fourth-order valence-corrected chi connectivity index (χ4v) is 0.401. The van der Waals surface area contributed by atoms with Crippen molar-refractivity contribution >= 4 is 34.8 Å². The molecule has 0 N–H and O–H groups in total. The van der Waals surface area contributed by atoms with E-state index < -0.39 is 3.98 Å². The van der Waals surface area contributed by atoms with Gasteiger partial charge in [0.25, 0.3) is 3.98 Å². The first-order valence-corrected chi connectivity index (χ1v) is 2.72. The van der Waals surface area contributed by atoms with Crippen LogP contribution >= 0.6 is 34.8 Å². The molecule has 0 saturated heterocycles. The van der Waals surface area contributed by atoms with Crippen LogP contribution in [0.5, 0.6) is 0 Å². The third kappa shape index (κ3) is 6.83. The van der Waals surface area contributed by atoms with Gasteiger partial charge < -0.3 is 4.74 Å². The van der Waals surface area contributed by atoms with E-state index in [0.29, 0.717) is 0 Å². The normalized spacial score (nSPS) is 12.0. The molecule has 1 nitrogen and oxygen atoms in total. The van der Waals surface area contributed by atoms with E-state index >= 15 is 0 Å². The Labute approximate surface area is 57.5 Å². The van der Waals surface area contributed by atoms with Crippen LogP contribution in [-0.4, -0.2) is 3.98 Å². The van der Waals surface area contributed by atoms with Gasteiger partial charge in [-0.05, 0) is 6.92 Å². The van der Waals surface area contributed by atoms with Crippen molar-refractivity contribution in [3.8, 4) is 0 Å². The Morgan fingerprint density at radius 2 is 1.86 bits per heavy atom. The molecular weight excluding hydrogens is 158 g/mol. The Hall–Kier alpha value is 0.830. The highest BCUT2D eigenvalue weighted by molar-refractivity contribution is 6.66. The summed E-state index contributed by atoms with van der Waals surface area (Å²) in [5.74, 6) is 0. The lowest BCUT2D eigenvalue weighted by molar-refractivity contribution is 0.202. The number of hydrogen-bond donors (Lipinski definition) is 0. The Kier molecular flexibility index (Phi) is 3.33. The van der Waals surface area contributed by atoms with Gasteiger partial charge in [0.1, 0.15) is 0 Å². The van der Waals surface area contributed by atoms with Crippen molar-refractivity contribution in [1.82, 2.24) is 0 Å². The minimum absolute atomic E-state index is 1.31. The van der Waals surface area contributed by atoms with E-state index in [0.717, 1.165) is 0 Å². The molecule has 0 unspecified atom stereocenters. The number of hydrogen-bond acceptors (Lipinski definition) is 1. The number of ether oxygens (including phenoxy) is 1. The molecule has 43 valence electrons. The van der Waals surface area contributed by atoms with E-state index in [-0.39, 0.29) is 0 Å². The van der Waals surface area contributed by atoms with Crippen molar-refractivity contribution < 1.29 is 4.74 Å². The topological polar surface area (TPSA) is 9.23 Å². The molecule has 0 spiro atoms. The molecule has 0 aromatic rings. The van der Waals surface area contributed by atoms with Gasteiger partial charge in [0.05, 0.1) is 6.61 Å². The lowest BCUT2D eigenvalue weighted by atomic mass is 10.9. The van der Waals surface area contributed by atoms with Crippen LogP contribution in [0.3, 0.4) is 0 Å². The molecule has 0 aromatic carbocycles. The highest BCUT2D eigenvalue weighted by Gasteiger charge is 2.18. The second-order valence-corrected chi connectivity index (χ2v) is 2.98. The minimum Gasteiger partial charge on any atom is -0.329 e. The number of alkyl halides is 3. The van der Waals surface area contributed by atoms with Crippen LogP contribution in [0.25, 0.3) is 0 Å². The van der Waals surface area contributed by atoms with Gasteiger partial charge in [-0.3, -0.25) is 0 Å². The molecular formula is C3H4Cl3O. The Morgan fingerprint density at radius 1 is 1.43 bits per heavy atom. The van der Waals surface area contributed by atoms with Gasteiger partial charge in [0.2, 0.25) is 0 Å². The summed E-state index contributed by atoms with van der Waals surface area (Å²) >= 11 is 15.3. The fraction of sp³-hybridized carbons (Fsp3) is 0.667. The largest absolute Gasteiger partial charge is 0.329 e. The molecule has 4 heteroatoms. The molecule has 0 rings (SSSR count). The monoisotopic (exact) mass is 161 g/mol. The second-order valence-electron chi connectivity index (χ2n) is 0.799. The molecule has 0 aliphatic rings. The van der Waals surface area contributed by atoms with Crippen LogP contribution in [0, 0.1) is 6.61 Å². The van der Waals surface area contributed by atoms with Crippen molar-refractivity contribution in [2.24, 2.45) is 0 Å². The average Bonchev–Trinajstić information content (AvgIpc) is 1.30. The molecule has 0 atom stereocenters. The van der Waals surface area contributed by atoms with Crippen molar-refractivity contribution in [2.45, 2.75) is 10.9 Å². The predicted octanol–water partition coefficient (Wildman–Crippen LogP) is 2.51. The van der Waals surface area contributed by atoms with Crippen LogP contribution < -0.4 is 0 Å². The lowest BCUT2D eigenvalue weighted by Crippen LogP contribution is -2.04. The molecule has 0 fully saturated rings. The molecule has 0 heterocycles. The first kappa shape index (κ1) is 7.83. The van der Waals surface area contributed by atoms with Crippen LogP contribution in [0.2, 0.25) is 0 Å².